The highest BCUT2D eigenvalue weighted by molar-refractivity contribution is 5.90. The maximum Gasteiger partial charge on any atom is 0.149 e. The molecule has 0 atom stereocenters. The van der Waals surface area contributed by atoms with Crippen molar-refractivity contribution < 1.29 is 0 Å². The lowest BCUT2D eigenvalue weighted by Crippen LogP contribution is -2.24. The number of allylic oxidation sites excluding steroid dienone is 1. The Bertz CT molecular complexity index is 942. The number of nitrogens with zero attached hydrogens (tertiary/aromatic N) is 3. The molecule has 0 unspecified atom stereocenters. The van der Waals surface area contributed by atoms with Crippen molar-refractivity contribution in [3.05, 3.63) is 59.4 Å². The topological polar surface area (TPSA) is 55.7 Å². The number of fused-ring (bicyclic) bond motifs is 2. The highest BCUT2D eigenvalue weighted by Gasteiger charge is 2.14. The van der Waals surface area contributed by atoms with Crippen LogP contribution in [0.4, 0.5) is 5.69 Å². The van der Waals surface area contributed by atoms with Crippen molar-refractivity contribution in [1.82, 2.24) is 9.97 Å². The second-order valence-electron chi connectivity index (χ2n) is 6.19. The van der Waals surface area contributed by atoms with Crippen molar-refractivity contribution in [3.8, 4) is 6.07 Å². The number of aromatic amines is 1. The molecule has 0 spiro atoms. The first-order valence-corrected chi connectivity index (χ1v) is 8.15. The summed E-state index contributed by atoms with van der Waals surface area (Å²) in [7, 11) is 2.13. The molecule has 4 nitrogen and oxygen atoms in total. The van der Waals surface area contributed by atoms with Crippen LogP contribution in [-0.2, 0) is 6.42 Å². The lowest BCUT2D eigenvalue weighted by atomic mass is 9.99. The molecule has 0 amide bonds. The van der Waals surface area contributed by atoms with Crippen LogP contribution in [0, 0.1) is 11.3 Å². The molecule has 2 aromatic carbocycles. The Morgan fingerprint density at radius 3 is 3.00 bits per heavy atom. The number of anilines is 1. The van der Waals surface area contributed by atoms with Crippen LogP contribution in [0.3, 0.4) is 0 Å². The van der Waals surface area contributed by atoms with E-state index < -0.39 is 0 Å². The number of benzene rings is 2. The molecule has 0 radical (unpaired) electrons. The minimum atomic E-state index is 0.551. The molecule has 4 heteroatoms. The normalized spacial score (nSPS) is 14.5. The predicted octanol–water partition coefficient (Wildman–Crippen LogP) is 4.01. The van der Waals surface area contributed by atoms with E-state index in [4.69, 9.17) is 0 Å². The zero-order valence-electron chi connectivity index (χ0n) is 13.6. The molecule has 0 fully saturated rings. The Kier molecular flexibility index (Phi) is 3.55. The minimum absolute atomic E-state index is 0.551. The van der Waals surface area contributed by atoms with Crippen LogP contribution in [0.15, 0.2) is 42.5 Å². The molecule has 1 aliphatic heterocycles. The number of aryl methyl sites for hydroxylation is 1. The van der Waals surface area contributed by atoms with E-state index in [1.54, 1.807) is 0 Å². The highest BCUT2D eigenvalue weighted by Crippen LogP contribution is 2.28. The third kappa shape index (κ3) is 2.55. The molecule has 0 aliphatic carbocycles. The summed E-state index contributed by atoms with van der Waals surface area (Å²) in [5.41, 5.74) is 6.05. The van der Waals surface area contributed by atoms with Crippen LogP contribution in [0.5, 0.6) is 0 Å². The van der Waals surface area contributed by atoms with Gasteiger partial charge in [0.25, 0.3) is 0 Å². The number of rotatable bonds is 2. The van der Waals surface area contributed by atoms with Crippen LogP contribution < -0.4 is 4.90 Å². The quantitative estimate of drug-likeness (QED) is 0.727. The summed E-state index contributed by atoms with van der Waals surface area (Å²) in [5, 5.41) is 9.56. The minimum Gasteiger partial charge on any atom is -0.374 e. The van der Waals surface area contributed by atoms with E-state index >= 15 is 0 Å². The van der Waals surface area contributed by atoms with Crippen molar-refractivity contribution in [2.24, 2.45) is 0 Å². The molecule has 24 heavy (non-hydrogen) atoms. The fourth-order valence-corrected chi connectivity index (χ4v) is 3.30. The standard InChI is InChI=1S/C20H18N4/c1-24-10-4-5-15-11-14(8-9-19(15)24)12-16(13-21)20-22-17-6-2-3-7-18(17)23-20/h2-3,6-9,11-12H,4-5,10H2,1H3,(H,22,23). The van der Waals surface area contributed by atoms with Crippen LogP contribution >= 0.6 is 0 Å². The molecule has 0 bridgehead atoms. The first kappa shape index (κ1) is 14.5. The lowest BCUT2D eigenvalue weighted by Gasteiger charge is -2.27. The summed E-state index contributed by atoms with van der Waals surface area (Å²) >= 11 is 0. The summed E-state index contributed by atoms with van der Waals surface area (Å²) < 4.78 is 0. The number of nitriles is 1. The molecule has 118 valence electrons. The molecule has 4 rings (SSSR count). The predicted molar refractivity (Wildman–Crippen MR) is 97.6 cm³/mol. The molecule has 0 saturated carbocycles. The van der Waals surface area contributed by atoms with Gasteiger partial charge in [0.15, 0.2) is 0 Å². The van der Waals surface area contributed by atoms with Crippen molar-refractivity contribution in [3.63, 3.8) is 0 Å². The highest BCUT2D eigenvalue weighted by atomic mass is 15.1. The van der Waals surface area contributed by atoms with Crippen LogP contribution in [0.1, 0.15) is 23.4 Å². The molecule has 1 aliphatic rings. The first-order valence-electron chi connectivity index (χ1n) is 8.15. The summed E-state index contributed by atoms with van der Waals surface area (Å²) in [5.74, 6) is 0.619. The molecular formula is C20H18N4. The van der Waals surface area contributed by atoms with Gasteiger partial charge in [0, 0.05) is 19.3 Å². The second-order valence-corrected chi connectivity index (χ2v) is 6.19. The Morgan fingerprint density at radius 1 is 1.29 bits per heavy atom. The first-order chi connectivity index (χ1) is 11.7. The van der Waals surface area contributed by atoms with E-state index in [1.165, 1.54) is 17.7 Å². The molecule has 2 heterocycles. The van der Waals surface area contributed by atoms with Gasteiger partial charge in [0.05, 0.1) is 16.6 Å². The van der Waals surface area contributed by atoms with Gasteiger partial charge in [-0.25, -0.2) is 4.98 Å². The number of H-pyrrole nitrogens is 1. The van der Waals surface area contributed by atoms with Gasteiger partial charge in [-0.3, -0.25) is 0 Å². The molecule has 1 aromatic heterocycles. The summed E-state index contributed by atoms with van der Waals surface area (Å²) in [6, 6.07) is 16.5. The Balaban J connectivity index is 1.74. The van der Waals surface area contributed by atoms with Gasteiger partial charge in [-0.15, -0.1) is 0 Å². The van der Waals surface area contributed by atoms with Gasteiger partial charge >= 0.3 is 0 Å². The molecule has 3 aromatic rings. The third-order valence-corrected chi connectivity index (χ3v) is 4.53. The van der Waals surface area contributed by atoms with Gasteiger partial charge in [0.1, 0.15) is 11.9 Å². The fourth-order valence-electron chi connectivity index (χ4n) is 3.30. The van der Waals surface area contributed by atoms with Gasteiger partial charge in [0.2, 0.25) is 0 Å². The molecule has 0 saturated heterocycles. The van der Waals surface area contributed by atoms with Gasteiger partial charge < -0.3 is 9.88 Å². The molecule has 1 N–H and O–H groups in total. The third-order valence-electron chi connectivity index (χ3n) is 4.53. The fraction of sp³-hybridized carbons (Fsp3) is 0.200. The maximum atomic E-state index is 9.56. The van der Waals surface area contributed by atoms with Gasteiger partial charge in [-0.2, -0.15) is 5.26 Å². The van der Waals surface area contributed by atoms with Crippen LogP contribution in [0.2, 0.25) is 0 Å². The maximum absolute atomic E-state index is 9.56. The van der Waals surface area contributed by atoms with E-state index in [-0.39, 0.29) is 0 Å². The van der Waals surface area contributed by atoms with Crippen LogP contribution in [0.25, 0.3) is 22.7 Å². The summed E-state index contributed by atoms with van der Waals surface area (Å²) in [4.78, 5) is 10.0. The number of nitrogens with one attached hydrogen (secondary N) is 1. The smallest absolute Gasteiger partial charge is 0.149 e. The zero-order chi connectivity index (χ0) is 16.5. The number of hydrogen-bond donors (Lipinski definition) is 1. The van der Waals surface area contributed by atoms with Crippen molar-refractivity contribution in [2.45, 2.75) is 12.8 Å². The summed E-state index contributed by atoms with van der Waals surface area (Å²) in [6.45, 7) is 1.10. The lowest BCUT2D eigenvalue weighted by molar-refractivity contribution is 0.744. The zero-order valence-corrected chi connectivity index (χ0v) is 13.6. The number of hydrogen-bond acceptors (Lipinski definition) is 3. The molecular weight excluding hydrogens is 296 g/mol. The van der Waals surface area contributed by atoms with E-state index in [0.717, 1.165) is 29.6 Å². The second kappa shape index (κ2) is 5.86. The van der Waals surface area contributed by atoms with Gasteiger partial charge in [-0.1, -0.05) is 18.2 Å². The van der Waals surface area contributed by atoms with Crippen molar-refractivity contribution >= 4 is 28.4 Å². The number of imidazole rings is 1. The van der Waals surface area contributed by atoms with E-state index in [0.29, 0.717) is 11.4 Å². The SMILES string of the molecule is CN1CCCc2cc(C=C(C#N)c3nc4ccccc4[nH]3)ccc21. The number of para-hydroxylation sites is 2. The van der Waals surface area contributed by atoms with Crippen molar-refractivity contribution in [2.75, 3.05) is 18.5 Å². The van der Waals surface area contributed by atoms with Gasteiger partial charge in [-0.05, 0) is 54.3 Å². The van der Waals surface area contributed by atoms with E-state index in [1.807, 2.05) is 30.3 Å². The Morgan fingerprint density at radius 2 is 2.17 bits per heavy atom. The average Bonchev–Trinajstić information content (AvgIpc) is 3.03. The van der Waals surface area contributed by atoms with E-state index in [9.17, 15) is 5.26 Å². The Labute approximate surface area is 141 Å². The van der Waals surface area contributed by atoms with Crippen LogP contribution in [-0.4, -0.2) is 23.6 Å². The average molecular weight is 314 g/mol. The largest absolute Gasteiger partial charge is 0.374 e. The number of aromatic nitrogens is 2. The Hall–Kier alpha value is -3.06. The monoisotopic (exact) mass is 314 g/mol. The van der Waals surface area contributed by atoms with Crippen molar-refractivity contribution in [1.29, 1.82) is 5.26 Å². The summed E-state index contributed by atoms with van der Waals surface area (Å²) in [6.07, 6.45) is 4.17. The van der Waals surface area contributed by atoms with E-state index in [2.05, 4.69) is 46.2 Å².